The number of hydrogen-bond acceptors (Lipinski definition) is 2. The maximum absolute atomic E-state index is 11.0. The van der Waals surface area contributed by atoms with Crippen molar-refractivity contribution in [1.82, 2.24) is 0 Å². The van der Waals surface area contributed by atoms with Crippen molar-refractivity contribution in [2.24, 2.45) is 0 Å². The Hall–Kier alpha value is -0.406. The molecule has 3 nitrogen and oxygen atoms in total. The van der Waals surface area contributed by atoms with Gasteiger partial charge in [0.15, 0.2) is 0 Å². The van der Waals surface area contributed by atoms with Crippen molar-refractivity contribution in [2.75, 3.05) is 18.0 Å². The first-order valence-corrected chi connectivity index (χ1v) is 5.18. The van der Waals surface area contributed by atoms with Crippen molar-refractivity contribution in [3.8, 4) is 0 Å². The van der Waals surface area contributed by atoms with Gasteiger partial charge in [-0.2, -0.15) is 6.42 Å². The van der Waals surface area contributed by atoms with E-state index in [0.29, 0.717) is 5.56 Å². The minimum Gasteiger partial charge on any atom is -0.478 e. The molecule has 17 heavy (non-hydrogen) atoms. The molecule has 2 rings (SSSR count). The van der Waals surface area contributed by atoms with Gasteiger partial charge in [-0.25, -0.2) is 4.79 Å². The Morgan fingerprint density at radius 2 is 2.06 bits per heavy atom. The molecule has 1 aromatic carbocycles. The van der Waals surface area contributed by atoms with E-state index in [0.717, 1.165) is 31.6 Å². The van der Waals surface area contributed by atoms with Crippen LogP contribution in [0.1, 0.15) is 23.2 Å². The summed E-state index contributed by atoms with van der Waals surface area (Å²) in [6.07, 6.45) is 4.43. The summed E-state index contributed by atoms with van der Waals surface area (Å²) in [5, 5.41) is 9.06. The van der Waals surface area contributed by atoms with Crippen LogP contribution in [-0.4, -0.2) is 24.2 Å². The van der Waals surface area contributed by atoms with Gasteiger partial charge in [0.05, 0.1) is 5.56 Å². The summed E-state index contributed by atoms with van der Waals surface area (Å²) in [6.45, 7) is 1.80. The molecule has 4 heteroatoms. The Morgan fingerprint density at radius 1 is 1.35 bits per heavy atom. The van der Waals surface area contributed by atoms with E-state index in [9.17, 15) is 4.79 Å². The molecule has 0 aliphatic carbocycles. The molecule has 0 spiro atoms. The molecule has 0 aromatic heterocycles. The van der Waals surface area contributed by atoms with Crippen LogP contribution in [0.4, 0.5) is 5.69 Å². The van der Waals surface area contributed by atoms with Gasteiger partial charge < -0.3 is 23.9 Å². The number of carboxylic acid groups (broad SMARTS) is 1. The standard InChI is InChI=1S/C12H14NO2.CH3.Y/c14-12(15)10-6-2-3-7-11(10)13-8-4-1-5-9-13;;/h2-4,6-7H,1,5,8-9H2,(H,14,15);1H3;/q2*-1;. The third-order valence-electron chi connectivity index (χ3n) is 2.66. The molecule has 1 aromatic rings. The summed E-state index contributed by atoms with van der Waals surface area (Å²) in [6, 6.07) is 7.19. The van der Waals surface area contributed by atoms with Crippen LogP contribution in [0.25, 0.3) is 0 Å². The Morgan fingerprint density at radius 3 is 2.65 bits per heavy atom. The maximum atomic E-state index is 11.0. The summed E-state index contributed by atoms with van der Waals surface area (Å²) < 4.78 is 0. The first-order chi connectivity index (χ1) is 7.29. The molecule has 1 aliphatic heterocycles. The predicted molar refractivity (Wildman–Crippen MR) is 65.6 cm³/mol. The van der Waals surface area contributed by atoms with E-state index in [1.165, 1.54) is 0 Å². The molecule has 1 fully saturated rings. The summed E-state index contributed by atoms with van der Waals surface area (Å²) in [4.78, 5) is 13.1. The van der Waals surface area contributed by atoms with Gasteiger partial charge in [0.1, 0.15) is 0 Å². The molecule has 0 saturated carbocycles. The zero-order valence-electron chi connectivity index (χ0n) is 10.1. The first kappa shape index (κ1) is 16.6. The monoisotopic (exact) mass is 308 g/mol. The average Bonchev–Trinajstić information content (AvgIpc) is 2.30. The van der Waals surface area contributed by atoms with Crippen molar-refractivity contribution in [1.29, 1.82) is 0 Å². The molecule has 0 amide bonds. The maximum Gasteiger partial charge on any atom is 0.337 e. The SMILES string of the molecule is O=C(O)c1ccccc1N1C[CH-]CCC1.[CH3-].[Y]. The van der Waals surface area contributed by atoms with E-state index in [-0.39, 0.29) is 40.1 Å². The molecular formula is C13H17NO2Y-2. The fraction of sp³-hybridized carbons (Fsp3) is 0.308. The van der Waals surface area contributed by atoms with Gasteiger partial charge in [-0.3, -0.25) is 0 Å². The van der Waals surface area contributed by atoms with Crippen molar-refractivity contribution in [2.45, 2.75) is 12.8 Å². The Balaban J connectivity index is 0.00000128. The van der Waals surface area contributed by atoms with Crippen LogP contribution < -0.4 is 4.90 Å². The smallest absolute Gasteiger partial charge is 0.337 e. The normalized spacial score (nSPS) is 14.5. The summed E-state index contributed by atoms with van der Waals surface area (Å²) in [5.41, 5.74) is 1.23. The van der Waals surface area contributed by atoms with Crippen LogP contribution in [0, 0.1) is 13.8 Å². The second kappa shape index (κ2) is 7.83. The van der Waals surface area contributed by atoms with Crippen molar-refractivity contribution in [3.63, 3.8) is 0 Å². The largest absolute Gasteiger partial charge is 0.478 e. The van der Waals surface area contributed by atoms with Crippen LogP contribution in [0.15, 0.2) is 24.3 Å². The average molecular weight is 308 g/mol. The molecule has 1 N–H and O–H groups in total. The molecule has 1 aliphatic rings. The number of para-hydroxylation sites is 1. The zero-order valence-corrected chi connectivity index (χ0v) is 12.9. The van der Waals surface area contributed by atoms with Gasteiger partial charge in [0.2, 0.25) is 0 Å². The van der Waals surface area contributed by atoms with Crippen molar-refractivity contribution < 1.29 is 42.6 Å². The van der Waals surface area contributed by atoms with Gasteiger partial charge >= 0.3 is 5.97 Å². The van der Waals surface area contributed by atoms with Crippen molar-refractivity contribution >= 4 is 11.7 Å². The number of carbonyl (C=O) groups is 1. The van der Waals surface area contributed by atoms with E-state index in [4.69, 9.17) is 5.11 Å². The predicted octanol–water partition coefficient (Wildman–Crippen LogP) is 2.64. The number of carboxylic acids is 1. The Kier molecular flexibility index (Phi) is 7.64. The fourth-order valence-corrected chi connectivity index (χ4v) is 1.91. The van der Waals surface area contributed by atoms with Crippen LogP contribution in [-0.2, 0) is 32.7 Å². The second-order valence-corrected chi connectivity index (χ2v) is 3.70. The fourth-order valence-electron chi connectivity index (χ4n) is 1.91. The van der Waals surface area contributed by atoms with Gasteiger partial charge in [-0.1, -0.05) is 18.6 Å². The topological polar surface area (TPSA) is 40.5 Å². The van der Waals surface area contributed by atoms with Gasteiger partial charge in [0.25, 0.3) is 0 Å². The van der Waals surface area contributed by atoms with Gasteiger partial charge in [-0.15, -0.1) is 6.54 Å². The molecule has 0 unspecified atom stereocenters. The second-order valence-electron chi connectivity index (χ2n) is 3.70. The van der Waals surface area contributed by atoms with Crippen LogP contribution in [0.5, 0.6) is 0 Å². The number of rotatable bonds is 2. The van der Waals surface area contributed by atoms with E-state index in [1.54, 1.807) is 12.1 Å². The van der Waals surface area contributed by atoms with E-state index in [2.05, 4.69) is 11.3 Å². The number of aromatic carboxylic acids is 1. The van der Waals surface area contributed by atoms with Crippen molar-refractivity contribution in [3.05, 3.63) is 43.7 Å². The molecule has 0 atom stereocenters. The third-order valence-corrected chi connectivity index (χ3v) is 2.66. The molecule has 91 valence electrons. The zero-order chi connectivity index (χ0) is 10.7. The number of piperidine rings is 1. The Bertz CT molecular complexity index is 362. The van der Waals surface area contributed by atoms with E-state index < -0.39 is 5.97 Å². The van der Waals surface area contributed by atoms with E-state index in [1.807, 2.05) is 12.1 Å². The number of hydrogen-bond donors (Lipinski definition) is 1. The molecule has 0 bridgehead atoms. The molecule has 1 saturated heterocycles. The Labute approximate surface area is 128 Å². The third kappa shape index (κ3) is 4.07. The number of benzene rings is 1. The number of anilines is 1. The summed E-state index contributed by atoms with van der Waals surface area (Å²) >= 11 is 0. The van der Waals surface area contributed by atoms with Crippen LogP contribution in [0.3, 0.4) is 0 Å². The minimum absolute atomic E-state index is 0. The molecule has 1 heterocycles. The molecular weight excluding hydrogens is 291 g/mol. The molecule has 1 radical (unpaired) electrons. The van der Waals surface area contributed by atoms with Crippen LogP contribution >= 0.6 is 0 Å². The van der Waals surface area contributed by atoms with Crippen LogP contribution in [0.2, 0.25) is 0 Å². The minimum atomic E-state index is -0.851. The van der Waals surface area contributed by atoms with Gasteiger partial charge in [0, 0.05) is 44.9 Å². The summed E-state index contributed by atoms with van der Waals surface area (Å²) in [7, 11) is 0. The van der Waals surface area contributed by atoms with Gasteiger partial charge in [-0.05, 0) is 12.1 Å². The summed E-state index contributed by atoms with van der Waals surface area (Å²) in [5.74, 6) is -0.851. The van der Waals surface area contributed by atoms with E-state index >= 15 is 0 Å². The first-order valence-electron chi connectivity index (χ1n) is 5.18. The quantitative estimate of drug-likeness (QED) is 0.854. The number of nitrogens with zero attached hydrogens (tertiary/aromatic N) is 1.